The van der Waals surface area contributed by atoms with Gasteiger partial charge in [0.05, 0.1) is 12.1 Å². The highest BCUT2D eigenvalue weighted by atomic mass is 32.2. The molecule has 112 valence electrons. The molecule has 0 heterocycles. The average molecular weight is 304 g/mol. The van der Waals surface area contributed by atoms with Gasteiger partial charge >= 0.3 is 16.2 Å². The molecule has 0 radical (unpaired) electrons. The lowest BCUT2D eigenvalue weighted by Gasteiger charge is -2.28. The van der Waals surface area contributed by atoms with Crippen molar-refractivity contribution in [2.24, 2.45) is 0 Å². The van der Waals surface area contributed by atoms with Crippen LogP contribution in [0.25, 0.3) is 0 Å². The Hall–Kier alpha value is -1.67. The van der Waals surface area contributed by atoms with E-state index in [1.54, 1.807) is 6.92 Å². The van der Waals surface area contributed by atoms with Crippen molar-refractivity contribution in [2.45, 2.75) is 13.3 Å². The molecule has 1 rings (SSSR count). The van der Waals surface area contributed by atoms with Crippen molar-refractivity contribution in [3.63, 3.8) is 0 Å². The Bertz CT molecular complexity index is 577. The molecule has 1 N–H and O–H groups in total. The summed E-state index contributed by atoms with van der Waals surface area (Å²) < 4.78 is 40.2. The number of carbonyl (C=O) groups is 1. The molecule has 0 spiro atoms. The van der Waals surface area contributed by atoms with E-state index in [-0.39, 0.29) is 25.2 Å². The molecule has 1 aromatic rings. The van der Waals surface area contributed by atoms with Crippen LogP contribution in [-0.2, 0) is 15.0 Å². The number of anilines is 1. The Morgan fingerprint density at radius 2 is 1.95 bits per heavy atom. The van der Waals surface area contributed by atoms with Crippen LogP contribution in [0.1, 0.15) is 13.3 Å². The lowest BCUT2D eigenvalue weighted by atomic mass is 10.3. The molecular weight excluding hydrogens is 287 g/mol. The molecule has 0 bridgehead atoms. The van der Waals surface area contributed by atoms with Gasteiger partial charge in [0.25, 0.3) is 0 Å². The van der Waals surface area contributed by atoms with Crippen LogP contribution in [-0.4, -0.2) is 43.9 Å². The van der Waals surface area contributed by atoms with E-state index in [1.807, 2.05) is 0 Å². The Morgan fingerprint density at radius 3 is 2.45 bits per heavy atom. The molecule has 0 aliphatic carbocycles. The molecular formula is C12H17FN2O4S. The van der Waals surface area contributed by atoms with Crippen LogP contribution in [0, 0.1) is 5.82 Å². The highest BCUT2D eigenvalue weighted by Gasteiger charge is 2.28. The summed E-state index contributed by atoms with van der Waals surface area (Å²) in [6, 6.07) is 5.54. The number of benzene rings is 1. The summed E-state index contributed by atoms with van der Waals surface area (Å²) in [5.74, 6) is -1.74. The molecule has 20 heavy (non-hydrogen) atoms. The van der Waals surface area contributed by atoms with Gasteiger partial charge in [0, 0.05) is 20.1 Å². The second kappa shape index (κ2) is 6.67. The summed E-state index contributed by atoms with van der Waals surface area (Å²) in [6.45, 7) is 1.44. The molecule has 0 saturated heterocycles. The first kappa shape index (κ1) is 16.4. The number of carboxylic acids is 1. The smallest absolute Gasteiger partial charge is 0.304 e. The standard InChI is InChI=1S/C12H17FN2O4S/c1-3-15(11-7-5-4-6-10(11)13)20(18,19)14(2)9-8-12(16)17/h4-7H,3,8-9H2,1-2H3,(H,16,17). The first-order chi connectivity index (χ1) is 9.30. The van der Waals surface area contributed by atoms with Crippen molar-refractivity contribution in [2.75, 3.05) is 24.4 Å². The van der Waals surface area contributed by atoms with Crippen LogP contribution in [0.4, 0.5) is 10.1 Å². The SMILES string of the molecule is CCN(c1ccccc1F)S(=O)(=O)N(C)CCC(=O)O. The normalized spacial score (nSPS) is 11.6. The van der Waals surface area contributed by atoms with Crippen LogP contribution in [0.5, 0.6) is 0 Å². The highest BCUT2D eigenvalue weighted by molar-refractivity contribution is 7.90. The summed E-state index contributed by atoms with van der Waals surface area (Å²) in [6.07, 6.45) is -0.315. The number of rotatable bonds is 7. The number of hydrogen-bond donors (Lipinski definition) is 1. The van der Waals surface area contributed by atoms with Crippen LogP contribution in [0.2, 0.25) is 0 Å². The average Bonchev–Trinajstić information content (AvgIpc) is 2.38. The minimum absolute atomic E-state index is 0.0423. The summed E-state index contributed by atoms with van der Waals surface area (Å²) in [7, 11) is -2.69. The Morgan fingerprint density at radius 1 is 1.35 bits per heavy atom. The summed E-state index contributed by atoms with van der Waals surface area (Å²) in [5.41, 5.74) is -0.0582. The lowest BCUT2D eigenvalue weighted by Crippen LogP contribution is -2.43. The van der Waals surface area contributed by atoms with E-state index in [0.717, 1.165) is 8.61 Å². The van der Waals surface area contributed by atoms with E-state index in [1.165, 1.54) is 31.3 Å². The third-order valence-corrected chi connectivity index (χ3v) is 4.70. The van der Waals surface area contributed by atoms with Gasteiger partial charge in [-0.3, -0.25) is 9.10 Å². The van der Waals surface area contributed by atoms with Crippen LogP contribution >= 0.6 is 0 Å². The van der Waals surface area contributed by atoms with E-state index < -0.39 is 22.0 Å². The van der Waals surface area contributed by atoms with Crippen molar-refractivity contribution < 1.29 is 22.7 Å². The van der Waals surface area contributed by atoms with Gasteiger partial charge in [-0.15, -0.1) is 0 Å². The number of carboxylic acid groups (broad SMARTS) is 1. The zero-order valence-corrected chi connectivity index (χ0v) is 12.1. The third-order valence-electron chi connectivity index (χ3n) is 2.72. The second-order valence-corrected chi connectivity index (χ2v) is 6.05. The molecule has 0 atom stereocenters. The van der Waals surface area contributed by atoms with E-state index >= 15 is 0 Å². The number of para-hydroxylation sites is 1. The van der Waals surface area contributed by atoms with Crippen molar-refractivity contribution in [1.82, 2.24) is 4.31 Å². The van der Waals surface area contributed by atoms with Gasteiger partial charge in [-0.25, -0.2) is 4.39 Å². The molecule has 0 aromatic heterocycles. The summed E-state index contributed by atoms with van der Waals surface area (Å²) in [5, 5.41) is 8.59. The Balaban J connectivity index is 3.04. The number of hydrogen-bond acceptors (Lipinski definition) is 3. The van der Waals surface area contributed by atoms with Crippen LogP contribution in [0.3, 0.4) is 0 Å². The Labute approximate surface area is 117 Å². The van der Waals surface area contributed by atoms with Crippen LogP contribution in [0.15, 0.2) is 24.3 Å². The van der Waals surface area contributed by atoms with E-state index in [0.29, 0.717) is 0 Å². The van der Waals surface area contributed by atoms with Crippen molar-refractivity contribution in [1.29, 1.82) is 0 Å². The molecule has 0 aliphatic heterocycles. The minimum Gasteiger partial charge on any atom is -0.481 e. The van der Waals surface area contributed by atoms with Crippen molar-refractivity contribution in [3.8, 4) is 0 Å². The highest BCUT2D eigenvalue weighted by Crippen LogP contribution is 2.22. The maximum atomic E-state index is 13.7. The van der Waals surface area contributed by atoms with Gasteiger partial charge in [0.15, 0.2) is 0 Å². The second-order valence-electron chi connectivity index (χ2n) is 4.09. The fourth-order valence-corrected chi connectivity index (χ4v) is 3.03. The number of aliphatic carboxylic acids is 1. The van der Waals surface area contributed by atoms with Gasteiger partial charge < -0.3 is 5.11 Å². The van der Waals surface area contributed by atoms with Gasteiger partial charge in [0.1, 0.15) is 5.82 Å². The molecule has 0 aliphatic rings. The molecule has 0 amide bonds. The van der Waals surface area contributed by atoms with Gasteiger partial charge in [0.2, 0.25) is 0 Å². The van der Waals surface area contributed by atoms with E-state index in [9.17, 15) is 17.6 Å². The Kier molecular flexibility index (Phi) is 5.46. The van der Waals surface area contributed by atoms with E-state index in [4.69, 9.17) is 5.11 Å². The fraction of sp³-hybridized carbons (Fsp3) is 0.417. The molecule has 1 aromatic carbocycles. The topological polar surface area (TPSA) is 77.9 Å². The largest absolute Gasteiger partial charge is 0.481 e. The minimum atomic E-state index is -3.96. The number of nitrogens with zero attached hydrogens (tertiary/aromatic N) is 2. The van der Waals surface area contributed by atoms with Crippen molar-refractivity contribution >= 4 is 21.9 Å². The molecule has 8 heteroatoms. The molecule has 0 fully saturated rings. The first-order valence-electron chi connectivity index (χ1n) is 6.01. The monoisotopic (exact) mass is 304 g/mol. The first-order valence-corrected chi connectivity index (χ1v) is 7.40. The van der Waals surface area contributed by atoms with Gasteiger partial charge in [-0.2, -0.15) is 12.7 Å². The molecule has 0 saturated carbocycles. The molecule has 0 unspecified atom stereocenters. The molecule has 6 nitrogen and oxygen atoms in total. The number of halogens is 1. The quantitative estimate of drug-likeness (QED) is 0.823. The third kappa shape index (κ3) is 3.67. The van der Waals surface area contributed by atoms with Gasteiger partial charge in [-0.1, -0.05) is 12.1 Å². The predicted molar refractivity (Wildman–Crippen MR) is 73.2 cm³/mol. The maximum Gasteiger partial charge on any atom is 0.304 e. The van der Waals surface area contributed by atoms with Gasteiger partial charge in [-0.05, 0) is 19.1 Å². The van der Waals surface area contributed by atoms with E-state index in [2.05, 4.69) is 0 Å². The fourth-order valence-electron chi connectivity index (χ4n) is 1.65. The zero-order chi connectivity index (χ0) is 15.3. The summed E-state index contributed by atoms with van der Waals surface area (Å²) in [4.78, 5) is 10.5. The maximum absolute atomic E-state index is 13.7. The van der Waals surface area contributed by atoms with Crippen LogP contribution < -0.4 is 4.31 Å². The predicted octanol–water partition coefficient (Wildman–Crippen LogP) is 1.30. The summed E-state index contributed by atoms with van der Waals surface area (Å²) >= 11 is 0. The lowest BCUT2D eigenvalue weighted by molar-refractivity contribution is -0.137. The zero-order valence-electron chi connectivity index (χ0n) is 11.3. The van der Waals surface area contributed by atoms with Crippen molar-refractivity contribution in [3.05, 3.63) is 30.1 Å².